The van der Waals surface area contributed by atoms with Crippen molar-refractivity contribution < 1.29 is 32.8 Å². The molecular formula is C46H84NO7P. The van der Waals surface area contributed by atoms with E-state index >= 15 is 0 Å². The van der Waals surface area contributed by atoms with Gasteiger partial charge < -0.3 is 20.1 Å². The van der Waals surface area contributed by atoms with Gasteiger partial charge in [0.15, 0.2) is 0 Å². The van der Waals surface area contributed by atoms with Crippen molar-refractivity contribution in [1.29, 1.82) is 0 Å². The molecule has 8 nitrogen and oxygen atoms in total. The maximum Gasteiger partial charge on any atom is 0.472 e. The molecule has 9 heteroatoms. The van der Waals surface area contributed by atoms with Gasteiger partial charge in [-0.2, -0.15) is 0 Å². The summed E-state index contributed by atoms with van der Waals surface area (Å²) in [6.07, 6.45) is 52.4. The van der Waals surface area contributed by atoms with Crippen LogP contribution in [0, 0.1) is 0 Å². The number of hydrogen-bond donors (Lipinski definition) is 2. The highest BCUT2D eigenvalue weighted by atomic mass is 31.2. The Balaban J connectivity index is 4.07. The largest absolute Gasteiger partial charge is 0.472 e. The van der Waals surface area contributed by atoms with Crippen molar-refractivity contribution in [2.45, 2.75) is 193 Å². The Morgan fingerprint density at radius 1 is 0.564 bits per heavy atom. The lowest BCUT2D eigenvalue weighted by atomic mass is 10.1. The van der Waals surface area contributed by atoms with Crippen molar-refractivity contribution in [2.24, 2.45) is 5.73 Å². The third kappa shape index (κ3) is 43.2. The fraction of sp³-hybridized carbons (Fsp3) is 0.761. The second-order valence-corrected chi connectivity index (χ2v) is 16.0. The van der Waals surface area contributed by atoms with Gasteiger partial charge in [-0.3, -0.25) is 13.8 Å². The van der Waals surface area contributed by atoms with Crippen molar-refractivity contribution in [3.8, 4) is 0 Å². The number of unbranched alkanes of at least 4 members (excludes halogenated alkanes) is 19. The minimum Gasteiger partial charge on any atom is -0.457 e. The van der Waals surface area contributed by atoms with Crippen molar-refractivity contribution in [3.63, 3.8) is 0 Å². The zero-order valence-electron chi connectivity index (χ0n) is 35.4. The first kappa shape index (κ1) is 53.2. The lowest BCUT2D eigenvalue weighted by Crippen LogP contribution is -2.28. The van der Waals surface area contributed by atoms with Gasteiger partial charge in [0.2, 0.25) is 0 Å². The second kappa shape index (κ2) is 43.3. The van der Waals surface area contributed by atoms with Crippen LogP contribution in [0.4, 0.5) is 0 Å². The molecule has 0 saturated heterocycles. The Morgan fingerprint density at radius 3 is 1.55 bits per heavy atom. The van der Waals surface area contributed by atoms with Crippen molar-refractivity contribution >= 4 is 13.8 Å². The molecule has 0 aromatic rings. The van der Waals surface area contributed by atoms with Crippen LogP contribution in [0.25, 0.3) is 0 Å². The summed E-state index contributed by atoms with van der Waals surface area (Å²) in [6, 6.07) is 0. The zero-order chi connectivity index (χ0) is 40.2. The number of carbonyl (C=O) groups excluding carboxylic acids is 1. The van der Waals surface area contributed by atoms with E-state index in [0.717, 1.165) is 70.6 Å². The molecule has 0 saturated carbocycles. The Bertz CT molecular complexity index is 1030. The van der Waals surface area contributed by atoms with Crippen molar-refractivity contribution in [1.82, 2.24) is 0 Å². The van der Waals surface area contributed by atoms with E-state index in [9.17, 15) is 14.3 Å². The van der Waals surface area contributed by atoms with Crippen LogP contribution in [0.15, 0.2) is 60.8 Å². The highest BCUT2D eigenvalue weighted by Gasteiger charge is 2.25. The molecule has 0 aliphatic heterocycles. The van der Waals surface area contributed by atoms with Gasteiger partial charge in [-0.1, -0.05) is 164 Å². The summed E-state index contributed by atoms with van der Waals surface area (Å²) < 4.78 is 33.4. The molecule has 0 fully saturated rings. The molecule has 0 bridgehead atoms. The fourth-order valence-corrected chi connectivity index (χ4v) is 6.69. The number of phosphoric acid groups is 1. The fourth-order valence-electron chi connectivity index (χ4n) is 5.92. The first-order valence-electron chi connectivity index (χ1n) is 22.3. The van der Waals surface area contributed by atoms with Crippen LogP contribution in [0.3, 0.4) is 0 Å². The summed E-state index contributed by atoms with van der Waals surface area (Å²) in [6.45, 7) is 4.76. The molecule has 0 aromatic carbocycles. The Hall–Kier alpha value is -1.80. The molecule has 0 aliphatic carbocycles. The average molecular weight is 794 g/mol. The molecule has 320 valence electrons. The number of allylic oxidation sites excluding steroid dienone is 10. The quantitative estimate of drug-likeness (QED) is 0.0271. The SMILES string of the molecule is CC/C=C\C/C=C\C/C=C\C/C=C\CCCCCCCOCC(COP(=O)(O)OCCN)OC(=O)CCCCCCCCC/C=C\CCCCCCCCC. The maximum absolute atomic E-state index is 12.6. The minimum absolute atomic E-state index is 0.0939. The number of ether oxygens (including phenoxy) is 2. The maximum atomic E-state index is 12.6. The van der Waals surface area contributed by atoms with Crippen LogP contribution in [0.5, 0.6) is 0 Å². The third-order valence-corrected chi connectivity index (χ3v) is 10.2. The van der Waals surface area contributed by atoms with Gasteiger partial charge in [0, 0.05) is 19.6 Å². The normalized spacial score (nSPS) is 14.0. The lowest BCUT2D eigenvalue weighted by molar-refractivity contribution is -0.154. The molecule has 2 unspecified atom stereocenters. The van der Waals surface area contributed by atoms with E-state index in [1.807, 2.05) is 0 Å². The van der Waals surface area contributed by atoms with Gasteiger partial charge in [-0.05, 0) is 77.0 Å². The summed E-state index contributed by atoms with van der Waals surface area (Å²) in [5.74, 6) is -0.343. The van der Waals surface area contributed by atoms with Gasteiger partial charge in [0.25, 0.3) is 0 Å². The Labute approximate surface area is 338 Å². The Morgan fingerprint density at radius 2 is 1.02 bits per heavy atom. The molecule has 55 heavy (non-hydrogen) atoms. The van der Waals surface area contributed by atoms with E-state index in [0.29, 0.717) is 13.0 Å². The summed E-state index contributed by atoms with van der Waals surface area (Å²) in [7, 11) is -4.29. The number of phosphoric ester groups is 1. The van der Waals surface area contributed by atoms with Crippen LogP contribution in [-0.2, 0) is 27.9 Å². The summed E-state index contributed by atoms with van der Waals surface area (Å²) >= 11 is 0. The molecule has 0 amide bonds. The first-order chi connectivity index (χ1) is 26.9. The second-order valence-electron chi connectivity index (χ2n) is 14.5. The van der Waals surface area contributed by atoms with E-state index in [1.165, 1.54) is 96.3 Å². The van der Waals surface area contributed by atoms with Crippen LogP contribution in [0.1, 0.15) is 187 Å². The van der Waals surface area contributed by atoms with E-state index in [-0.39, 0.29) is 32.3 Å². The Kier molecular flexibility index (Phi) is 41.9. The summed E-state index contributed by atoms with van der Waals surface area (Å²) in [5, 5.41) is 0. The monoisotopic (exact) mass is 794 g/mol. The third-order valence-electron chi connectivity index (χ3n) is 9.17. The number of carbonyl (C=O) groups is 1. The topological polar surface area (TPSA) is 117 Å². The number of esters is 1. The van der Waals surface area contributed by atoms with Gasteiger partial charge >= 0.3 is 13.8 Å². The van der Waals surface area contributed by atoms with Crippen molar-refractivity contribution in [2.75, 3.05) is 33.0 Å². The average Bonchev–Trinajstić information content (AvgIpc) is 3.17. The molecule has 0 aromatic heterocycles. The van der Waals surface area contributed by atoms with Crippen LogP contribution in [0.2, 0.25) is 0 Å². The molecular weight excluding hydrogens is 709 g/mol. The number of nitrogens with two attached hydrogens (primary N) is 1. The van der Waals surface area contributed by atoms with Gasteiger partial charge in [-0.15, -0.1) is 0 Å². The highest BCUT2D eigenvalue weighted by Crippen LogP contribution is 2.43. The standard InChI is InChI=1S/C46H84NO7P/c1-3-5-7-9-11-13-15-17-19-21-23-25-27-29-31-33-35-37-39-46(48)54-45(44-53-55(49,50)52-42-40-47)43-51-41-38-36-34-32-30-28-26-24-22-20-18-16-14-12-10-8-6-4-2/h6,8,12,14,18-21,24,26,45H,3-5,7,9-11,13,15-17,22-23,25,27-44,47H2,1-2H3,(H,49,50)/b8-6-,14-12-,20-18-,21-19-,26-24-. The molecule has 0 radical (unpaired) electrons. The highest BCUT2D eigenvalue weighted by molar-refractivity contribution is 7.47. The van der Waals surface area contributed by atoms with E-state index in [4.69, 9.17) is 24.3 Å². The van der Waals surface area contributed by atoms with Crippen LogP contribution < -0.4 is 5.73 Å². The first-order valence-corrected chi connectivity index (χ1v) is 23.8. The predicted molar refractivity (Wildman–Crippen MR) is 233 cm³/mol. The zero-order valence-corrected chi connectivity index (χ0v) is 36.3. The van der Waals surface area contributed by atoms with Gasteiger partial charge in [0.05, 0.1) is 19.8 Å². The molecule has 3 N–H and O–H groups in total. The number of rotatable bonds is 42. The van der Waals surface area contributed by atoms with E-state index < -0.39 is 13.9 Å². The molecule has 2 atom stereocenters. The molecule has 0 heterocycles. The summed E-state index contributed by atoms with van der Waals surface area (Å²) in [4.78, 5) is 22.5. The van der Waals surface area contributed by atoms with E-state index in [1.54, 1.807) is 0 Å². The predicted octanol–water partition coefficient (Wildman–Crippen LogP) is 13.4. The van der Waals surface area contributed by atoms with Crippen LogP contribution in [-0.4, -0.2) is 49.9 Å². The molecule has 0 spiro atoms. The summed E-state index contributed by atoms with van der Waals surface area (Å²) in [5.41, 5.74) is 5.37. The minimum atomic E-state index is -4.29. The number of hydrogen-bond acceptors (Lipinski definition) is 7. The molecule has 0 rings (SSSR count). The van der Waals surface area contributed by atoms with Gasteiger partial charge in [-0.25, -0.2) is 4.57 Å². The smallest absolute Gasteiger partial charge is 0.457 e. The molecule has 0 aliphatic rings. The van der Waals surface area contributed by atoms with Gasteiger partial charge in [0.1, 0.15) is 6.10 Å². The van der Waals surface area contributed by atoms with E-state index in [2.05, 4.69) is 74.6 Å². The van der Waals surface area contributed by atoms with Crippen LogP contribution >= 0.6 is 7.82 Å². The lowest BCUT2D eigenvalue weighted by Gasteiger charge is -2.20. The van der Waals surface area contributed by atoms with Crippen molar-refractivity contribution in [3.05, 3.63) is 60.8 Å².